The number of carboxylic acid groups (broad SMARTS) is 1. The largest absolute Gasteiger partial charge is 0.480 e. The van der Waals surface area contributed by atoms with E-state index in [2.05, 4.69) is 0 Å². The lowest BCUT2D eigenvalue weighted by Gasteiger charge is -2.35. The number of aliphatic hydroxyl groups excluding tert-OH is 1. The van der Waals surface area contributed by atoms with Crippen LogP contribution in [-0.2, 0) is 14.3 Å². The molecule has 0 aromatic rings. The Morgan fingerprint density at radius 3 is 2.57 bits per heavy atom. The van der Waals surface area contributed by atoms with Gasteiger partial charge in [0.1, 0.15) is 6.04 Å². The fourth-order valence-corrected chi connectivity index (χ4v) is 2.95. The summed E-state index contributed by atoms with van der Waals surface area (Å²) in [4.78, 5) is 37.8. The Morgan fingerprint density at radius 2 is 1.95 bits per heavy atom. The van der Waals surface area contributed by atoms with Gasteiger partial charge in [0.15, 0.2) is 0 Å². The van der Waals surface area contributed by atoms with Gasteiger partial charge in [0.2, 0.25) is 0 Å². The summed E-state index contributed by atoms with van der Waals surface area (Å²) in [7, 11) is 1.31. The molecular formula is C13H20N2O6. The molecule has 3 atom stereocenters. The first-order valence-electron chi connectivity index (χ1n) is 6.98. The summed E-state index contributed by atoms with van der Waals surface area (Å²) in [5.74, 6) is -1.85. The van der Waals surface area contributed by atoms with E-state index >= 15 is 0 Å². The lowest BCUT2D eigenvalue weighted by Crippen LogP contribution is -2.52. The highest BCUT2D eigenvalue weighted by atomic mass is 16.5. The monoisotopic (exact) mass is 300 g/mol. The number of hydrogen-bond acceptors (Lipinski definition) is 5. The molecule has 21 heavy (non-hydrogen) atoms. The van der Waals surface area contributed by atoms with E-state index in [4.69, 9.17) is 9.84 Å². The van der Waals surface area contributed by atoms with E-state index < -0.39 is 24.1 Å². The molecule has 8 nitrogen and oxygen atoms in total. The highest BCUT2D eigenvalue weighted by molar-refractivity contribution is 5.84. The van der Waals surface area contributed by atoms with Crippen LogP contribution in [0.15, 0.2) is 0 Å². The molecule has 2 heterocycles. The predicted octanol–water partition coefficient (Wildman–Crippen LogP) is -0.489. The van der Waals surface area contributed by atoms with Crippen molar-refractivity contribution in [3.8, 4) is 0 Å². The Kier molecular flexibility index (Phi) is 4.66. The van der Waals surface area contributed by atoms with Gasteiger partial charge in [0, 0.05) is 26.1 Å². The van der Waals surface area contributed by atoms with E-state index in [1.165, 1.54) is 16.9 Å². The fraction of sp³-hybridized carbons (Fsp3) is 0.769. The minimum Gasteiger partial charge on any atom is -0.480 e. The number of urea groups is 1. The number of piperidine rings is 1. The number of carbonyl (C=O) groups excluding carboxylic acids is 2. The normalized spacial score (nSPS) is 29.3. The van der Waals surface area contributed by atoms with E-state index in [0.29, 0.717) is 19.4 Å². The zero-order valence-electron chi connectivity index (χ0n) is 11.9. The van der Waals surface area contributed by atoms with Gasteiger partial charge in [0.05, 0.1) is 19.1 Å². The van der Waals surface area contributed by atoms with E-state index in [1.54, 1.807) is 0 Å². The van der Waals surface area contributed by atoms with Gasteiger partial charge in [-0.3, -0.25) is 4.79 Å². The van der Waals surface area contributed by atoms with Gasteiger partial charge in [-0.1, -0.05) is 0 Å². The van der Waals surface area contributed by atoms with Crippen LogP contribution in [0.25, 0.3) is 0 Å². The van der Waals surface area contributed by atoms with Crippen molar-refractivity contribution in [1.29, 1.82) is 0 Å². The molecule has 2 amide bonds. The van der Waals surface area contributed by atoms with Crippen LogP contribution in [-0.4, -0.2) is 76.9 Å². The highest BCUT2D eigenvalue weighted by Crippen LogP contribution is 2.24. The molecule has 118 valence electrons. The SMILES string of the molecule is COC(=O)C1CCCN(C(=O)N2CC(O)CC2C(=O)O)C1. The van der Waals surface area contributed by atoms with Crippen LogP contribution >= 0.6 is 0 Å². The van der Waals surface area contributed by atoms with Gasteiger partial charge >= 0.3 is 18.0 Å². The van der Waals surface area contributed by atoms with Crippen molar-refractivity contribution in [3.05, 3.63) is 0 Å². The van der Waals surface area contributed by atoms with Crippen molar-refractivity contribution in [2.24, 2.45) is 5.92 Å². The van der Waals surface area contributed by atoms with Crippen molar-refractivity contribution < 1.29 is 29.3 Å². The third-order valence-corrected chi connectivity index (χ3v) is 4.04. The van der Waals surface area contributed by atoms with Crippen molar-refractivity contribution in [2.45, 2.75) is 31.4 Å². The van der Waals surface area contributed by atoms with Crippen molar-refractivity contribution >= 4 is 18.0 Å². The van der Waals surface area contributed by atoms with E-state index in [9.17, 15) is 19.5 Å². The molecule has 2 rings (SSSR count). The molecule has 0 bridgehead atoms. The molecule has 2 saturated heterocycles. The second-order valence-electron chi connectivity index (χ2n) is 5.49. The number of likely N-dealkylation sites (tertiary alicyclic amines) is 2. The molecule has 0 aromatic heterocycles. The minimum absolute atomic E-state index is 0.00912. The zero-order valence-corrected chi connectivity index (χ0v) is 11.9. The van der Waals surface area contributed by atoms with E-state index in [1.807, 2.05) is 0 Å². The predicted molar refractivity (Wildman–Crippen MR) is 70.5 cm³/mol. The van der Waals surface area contributed by atoms with Gasteiger partial charge < -0.3 is 24.7 Å². The summed E-state index contributed by atoms with van der Waals surface area (Å²) in [6.45, 7) is 0.713. The molecule has 2 fully saturated rings. The zero-order chi connectivity index (χ0) is 15.6. The number of aliphatic carboxylic acids is 1. The average Bonchev–Trinajstić information content (AvgIpc) is 2.88. The Labute approximate surface area is 122 Å². The molecule has 2 aliphatic heterocycles. The van der Waals surface area contributed by atoms with Gasteiger partial charge in [-0.2, -0.15) is 0 Å². The molecule has 0 saturated carbocycles. The first kappa shape index (κ1) is 15.6. The lowest BCUT2D eigenvalue weighted by atomic mass is 9.98. The third-order valence-electron chi connectivity index (χ3n) is 4.04. The molecule has 2 N–H and O–H groups in total. The summed E-state index contributed by atoms with van der Waals surface area (Å²) >= 11 is 0. The van der Waals surface area contributed by atoms with Gasteiger partial charge in [-0.15, -0.1) is 0 Å². The van der Waals surface area contributed by atoms with Crippen LogP contribution in [0.4, 0.5) is 4.79 Å². The average molecular weight is 300 g/mol. The first-order valence-corrected chi connectivity index (χ1v) is 6.98. The maximum absolute atomic E-state index is 12.4. The van der Waals surface area contributed by atoms with Crippen molar-refractivity contribution in [1.82, 2.24) is 9.80 Å². The fourth-order valence-electron chi connectivity index (χ4n) is 2.95. The van der Waals surface area contributed by atoms with Crippen LogP contribution in [0.1, 0.15) is 19.3 Å². The summed E-state index contributed by atoms with van der Waals surface area (Å²) in [6, 6.07) is -1.45. The minimum atomic E-state index is -1.12. The number of nitrogens with zero attached hydrogens (tertiary/aromatic N) is 2. The highest BCUT2D eigenvalue weighted by Gasteiger charge is 2.41. The van der Waals surface area contributed by atoms with Gasteiger partial charge in [0.25, 0.3) is 0 Å². The van der Waals surface area contributed by atoms with Crippen LogP contribution in [0.3, 0.4) is 0 Å². The molecular weight excluding hydrogens is 280 g/mol. The van der Waals surface area contributed by atoms with Crippen molar-refractivity contribution in [3.63, 3.8) is 0 Å². The van der Waals surface area contributed by atoms with Crippen LogP contribution < -0.4 is 0 Å². The number of methoxy groups -OCH3 is 1. The molecule has 2 aliphatic rings. The molecule has 3 unspecified atom stereocenters. The maximum atomic E-state index is 12.4. The lowest BCUT2D eigenvalue weighted by molar-refractivity contribution is -0.147. The molecule has 0 aliphatic carbocycles. The number of hydrogen-bond donors (Lipinski definition) is 2. The van der Waals surface area contributed by atoms with Crippen LogP contribution in [0.2, 0.25) is 0 Å². The number of ether oxygens (including phenoxy) is 1. The standard InChI is InChI=1S/C13H20N2O6/c1-21-12(19)8-3-2-4-14(6-8)13(20)15-7-9(16)5-10(15)11(17)18/h8-10,16H,2-7H2,1H3,(H,17,18). The van der Waals surface area contributed by atoms with E-state index in [-0.39, 0.29) is 31.4 Å². The Hall–Kier alpha value is -1.83. The Balaban J connectivity index is 2.05. The number of aliphatic hydroxyl groups is 1. The summed E-state index contributed by atoms with van der Waals surface area (Å²) < 4.78 is 4.70. The second kappa shape index (κ2) is 6.30. The van der Waals surface area contributed by atoms with Crippen LogP contribution in [0.5, 0.6) is 0 Å². The summed E-state index contributed by atoms with van der Waals surface area (Å²) in [6.07, 6.45) is 0.535. The number of β-amino-alcohol motifs (C(OH)–C–C–N with tert-alkyl or cyclic N) is 1. The maximum Gasteiger partial charge on any atom is 0.326 e. The smallest absolute Gasteiger partial charge is 0.326 e. The summed E-state index contributed by atoms with van der Waals surface area (Å²) in [5.41, 5.74) is 0. The molecule has 0 spiro atoms. The van der Waals surface area contributed by atoms with E-state index in [0.717, 1.165) is 0 Å². The van der Waals surface area contributed by atoms with Crippen molar-refractivity contribution in [2.75, 3.05) is 26.7 Å². The number of carboxylic acids is 1. The quantitative estimate of drug-likeness (QED) is 0.666. The summed E-state index contributed by atoms with van der Waals surface area (Å²) in [5, 5.41) is 18.7. The molecule has 0 radical (unpaired) electrons. The number of carbonyl (C=O) groups is 3. The number of esters is 1. The number of rotatable bonds is 2. The van der Waals surface area contributed by atoms with Crippen LogP contribution in [0, 0.1) is 5.92 Å². The third kappa shape index (κ3) is 3.26. The second-order valence-corrected chi connectivity index (χ2v) is 5.49. The molecule has 8 heteroatoms. The first-order chi connectivity index (χ1) is 9.93. The van der Waals surface area contributed by atoms with Gasteiger partial charge in [-0.05, 0) is 12.8 Å². The van der Waals surface area contributed by atoms with Gasteiger partial charge in [-0.25, -0.2) is 9.59 Å². The Bertz CT molecular complexity index is 440. The number of amides is 2. The topological polar surface area (TPSA) is 107 Å². The molecule has 0 aromatic carbocycles. The Morgan fingerprint density at radius 1 is 1.24 bits per heavy atom.